The Morgan fingerprint density at radius 1 is 1.17 bits per heavy atom. The van der Waals surface area contributed by atoms with E-state index in [1.807, 2.05) is 0 Å². The molecule has 172 valence electrons. The molecule has 3 heteroatoms. The number of halogens is 1. The predicted molar refractivity (Wildman–Crippen MR) is 121 cm³/mol. The standard InChI is InChI=1S/C27H45FO2/c1-17(7-6-13-25(2,3)28)21-10-11-22-20-9-8-18-15-19(29)16-24(30)27(18,5)23(20)12-14-26(21,22)4/h8,17,19-24,29-30H,6-7,9-16H2,1-5H3/t17-,19?,20+,21-,22+,23+,24+,26-,27+/m1/s1. The average Bonchev–Trinajstić information content (AvgIpc) is 2.99. The van der Waals surface area contributed by atoms with Crippen molar-refractivity contribution in [1.29, 1.82) is 0 Å². The molecule has 4 rings (SSSR count). The van der Waals surface area contributed by atoms with Crippen LogP contribution in [-0.2, 0) is 0 Å². The van der Waals surface area contributed by atoms with Crippen LogP contribution in [0.5, 0.6) is 0 Å². The van der Waals surface area contributed by atoms with Gasteiger partial charge < -0.3 is 10.2 Å². The van der Waals surface area contributed by atoms with Gasteiger partial charge in [-0.25, -0.2) is 4.39 Å². The Morgan fingerprint density at radius 2 is 1.90 bits per heavy atom. The first kappa shape index (κ1) is 22.8. The first-order chi connectivity index (χ1) is 14.0. The van der Waals surface area contributed by atoms with Crippen molar-refractivity contribution >= 4 is 0 Å². The van der Waals surface area contributed by atoms with Crippen molar-refractivity contribution < 1.29 is 14.6 Å². The van der Waals surface area contributed by atoms with Crippen LogP contribution in [0.3, 0.4) is 0 Å². The van der Waals surface area contributed by atoms with Crippen LogP contribution < -0.4 is 0 Å². The van der Waals surface area contributed by atoms with Crippen LogP contribution >= 0.6 is 0 Å². The van der Waals surface area contributed by atoms with Crippen LogP contribution in [0.15, 0.2) is 11.6 Å². The van der Waals surface area contributed by atoms with Crippen LogP contribution in [-0.4, -0.2) is 28.1 Å². The lowest BCUT2D eigenvalue weighted by molar-refractivity contribution is -0.108. The molecule has 2 N–H and O–H groups in total. The highest BCUT2D eigenvalue weighted by Gasteiger charge is 2.60. The molecule has 2 nitrogen and oxygen atoms in total. The first-order valence-corrected chi connectivity index (χ1v) is 12.7. The number of aliphatic hydroxyl groups is 2. The fourth-order valence-corrected chi connectivity index (χ4v) is 8.72. The topological polar surface area (TPSA) is 40.5 Å². The van der Waals surface area contributed by atoms with Gasteiger partial charge in [0.1, 0.15) is 5.67 Å². The number of hydrogen-bond donors (Lipinski definition) is 2. The second-order valence-electron chi connectivity index (χ2n) is 12.6. The van der Waals surface area contributed by atoms with Crippen molar-refractivity contribution in [2.45, 2.75) is 117 Å². The van der Waals surface area contributed by atoms with Crippen molar-refractivity contribution in [3.05, 3.63) is 11.6 Å². The fraction of sp³-hybridized carbons (Fsp3) is 0.926. The lowest BCUT2D eigenvalue weighted by atomic mass is 9.46. The third kappa shape index (κ3) is 3.70. The minimum Gasteiger partial charge on any atom is -0.393 e. The van der Waals surface area contributed by atoms with Crippen LogP contribution in [0.4, 0.5) is 4.39 Å². The van der Waals surface area contributed by atoms with Crippen LogP contribution in [0.1, 0.15) is 98.8 Å². The summed E-state index contributed by atoms with van der Waals surface area (Å²) in [5.74, 6) is 3.39. The zero-order valence-electron chi connectivity index (χ0n) is 20.0. The number of hydrogen-bond acceptors (Lipinski definition) is 2. The zero-order chi connectivity index (χ0) is 21.9. The van der Waals surface area contributed by atoms with Gasteiger partial charge in [-0.1, -0.05) is 45.3 Å². The summed E-state index contributed by atoms with van der Waals surface area (Å²) in [6.45, 7) is 10.7. The van der Waals surface area contributed by atoms with E-state index in [-0.39, 0.29) is 11.5 Å². The Bertz CT molecular complexity index is 666. The van der Waals surface area contributed by atoms with E-state index in [0.29, 0.717) is 36.0 Å². The molecule has 4 aliphatic rings. The Morgan fingerprint density at radius 3 is 2.60 bits per heavy atom. The van der Waals surface area contributed by atoms with Gasteiger partial charge in [0.05, 0.1) is 12.2 Å². The molecule has 0 aromatic rings. The molecular formula is C27H45FO2. The van der Waals surface area contributed by atoms with Crippen molar-refractivity contribution in [3.63, 3.8) is 0 Å². The summed E-state index contributed by atoms with van der Waals surface area (Å²) in [4.78, 5) is 0. The van der Waals surface area contributed by atoms with Gasteiger partial charge in [-0.3, -0.25) is 0 Å². The van der Waals surface area contributed by atoms with Gasteiger partial charge in [0.25, 0.3) is 0 Å². The Kier molecular flexibility index (Phi) is 5.97. The minimum atomic E-state index is -1.05. The summed E-state index contributed by atoms with van der Waals surface area (Å²) >= 11 is 0. The van der Waals surface area contributed by atoms with Gasteiger partial charge in [-0.2, -0.15) is 0 Å². The number of rotatable bonds is 5. The smallest absolute Gasteiger partial charge is 0.105 e. The van der Waals surface area contributed by atoms with E-state index >= 15 is 0 Å². The first-order valence-electron chi connectivity index (χ1n) is 12.7. The second-order valence-corrected chi connectivity index (χ2v) is 12.6. The van der Waals surface area contributed by atoms with Gasteiger partial charge >= 0.3 is 0 Å². The monoisotopic (exact) mass is 420 g/mol. The quantitative estimate of drug-likeness (QED) is 0.502. The Balaban J connectivity index is 1.50. The van der Waals surface area contributed by atoms with E-state index < -0.39 is 11.8 Å². The number of allylic oxidation sites excluding steroid dienone is 1. The van der Waals surface area contributed by atoms with E-state index in [0.717, 1.165) is 37.5 Å². The summed E-state index contributed by atoms with van der Waals surface area (Å²) in [5.41, 5.74) is 0.540. The molecule has 0 bridgehead atoms. The van der Waals surface area contributed by atoms with Gasteiger partial charge in [-0.15, -0.1) is 0 Å². The van der Waals surface area contributed by atoms with Crippen molar-refractivity contribution in [2.75, 3.05) is 0 Å². The molecule has 9 atom stereocenters. The maximum absolute atomic E-state index is 13.9. The number of fused-ring (bicyclic) bond motifs is 5. The maximum atomic E-state index is 13.9. The van der Waals surface area contributed by atoms with E-state index in [2.05, 4.69) is 26.8 Å². The van der Waals surface area contributed by atoms with E-state index in [4.69, 9.17) is 0 Å². The third-order valence-electron chi connectivity index (χ3n) is 10.4. The summed E-state index contributed by atoms with van der Waals surface area (Å²) in [6.07, 6.45) is 11.9. The SMILES string of the molecule is C[C@H](CCCC(C)(C)F)[C@H]1CC[C@H]2[C@@H]3CC=C4CC(O)C[C@H](O)[C@]4(C)[C@H]3CC[C@]12C. The van der Waals surface area contributed by atoms with Crippen LogP contribution in [0, 0.1) is 40.4 Å². The fourth-order valence-electron chi connectivity index (χ4n) is 8.72. The van der Waals surface area contributed by atoms with E-state index in [9.17, 15) is 14.6 Å². The highest BCUT2D eigenvalue weighted by Crippen LogP contribution is 2.67. The van der Waals surface area contributed by atoms with Gasteiger partial charge in [0.15, 0.2) is 0 Å². The van der Waals surface area contributed by atoms with Crippen LogP contribution in [0.2, 0.25) is 0 Å². The number of alkyl halides is 1. The molecule has 0 heterocycles. The Hall–Kier alpha value is -0.410. The largest absolute Gasteiger partial charge is 0.393 e. The highest BCUT2D eigenvalue weighted by atomic mass is 19.1. The van der Waals surface area contributed by atoms with E-state index in [1.54, 1.807) is 13.8 Å². The molecule has 0 amide bonds. The lowest BCUT2D eigenvalue weighted by Crippen LogP contribution is -2.55. The third-order valence-corrected chi connectivity index (χ3v) is 10.4. The molecule has 0 spiro atoms. The molecule has 1 unspecified atom stereocenters. The molecule has 0 aromatic carbocycles. The molecule has 0 aliphatic heterocycles. The highest BCUT2D eigenvalue weighted by molar-refractivity contribution is 5.27. The second kappa shape index (κ2) is 7.87. The van der Waals surface area contributed by atoms with E-state index in [1.165, 1.54) is 31.3 Å². The summed E-state index contributed by atoms with van der Waals surface area (Å²) in [5, 5.41) is 21.3. The molecule has 0 aromatic heterocycles. The molecule has 4 aliphatic carbocycles. The summed E-state index contributed by atoms with van der Waals surface area (Å²) in [7, 11) is 0. The van der Waals surface area contributed by atoms with Crippen molar-refractivity contribution in [2.24, 2.45) is 40.4 Å². The zero-order valence-corrected chi connectivity index (χ0v) is 20.0. The molecule has 30 heavy (non-hydrogen) atoms. The molecule has 0 radical (unpaired) electrons. The molecule has 3 fully saturated rings. The van der Waals surface area contributed by atoms with Gasteiger partial charge in [-0.05, 0) is 93.8 Å². The lowest BCUT2D eigenvalue weighted by Gasteiger charge is -2.59. The summed E-state index contributed by atoms with van der Waals surface area (Å²) < 4.78 is 13.9. The normalized spacial score (nSPS) is 47.1. The average molecular weight is 421 g/mol. The Labute approximate surface area is 183 Å². The number of aliphatic hydroxyl groups excluding tert-OH is 2. The van der Waals surface area contributed by atoms with Gasteiger partial charge in [0, 0.05) is 11.8 Å². The van der Waals surface area contributed by atoms with Gasteiger partial charge in [0.2, 0.25) is 0 Å². The van der Waals surface area contributed by atoms with Crippen LogP contribution in [0.25, 0.3) is 0 Å². The maximum Gasteiger partial charge on any atom is 0.105 e. The van der Waals surface area contributed by atoms with Crippen molar-refractivity contribution in [1.82, 2.24) is 0 Å². The van der Waals surface area contributed by atoms with Crippen molar-refractivity contribution in [3.8, 4) is 0 Å². The molecule has 0 saturated heterocycles. The summed E-state index contributed by atoms with van der Waals surface area (Å²) in [6, 6.07) is 0. The molecular weight excluding hydrogens is 375 g/mol. The minimum absolute atomic E-state index is 0.139. The molecule has 3 saturated carbocycles. The predicted octanol–water partition coefficient (Wildman–Crippen LogP) is 6.45.